The van der Waals surface area contributed by atoms with E-state index in [0.717, 1.165) is 35.9 Å². The molecule has 0 aromatic rings. The van der Waals surface area contributed by atoms with Crippen LogP contribution < -0.4 is 10.6 Å². The molecule has 0 aromatic carbocycles. The van der Waals surface area contributed by atoms with E-state index in [9.17, 15) is 0 Å². The lowest BCUT2D eigenvalue weighted by atomic mass is 9.76. The van der Waals surface area contributed by atoms with Crippen molar-refractivity contribution < 1.29 is 0 Å². The predicted octanol–water partition coefficient (Wildman–Crippen LogP) is 3.71. The lowest BCUT2D eigenvalue weighted by Crippen LogP contribution is -2.53. The van der Waals surface area contributed by atoms with Crippen molar-refractivity contribution in [1.29, 1.82) is 0 Å². The molecule has 2 heteroatoms. The Morgan fingerprint density at radius 2 is 1.60 bits per heavy atom. The third kappa shape index (κ3) is 3.22. The molecule has 0 spiro atoms. The number of rotatable bonds is 3. The van der Waals surface area contributed by atoms with Crippen molar-refractivity contribution in [3.05, 3.63) is 0 Å². The molecule has 116 valence electrons. The first-order valence-electron chi connectivity index (χ1n) is 9.25. The summed E-state index contributed by atoms with van der Waals surface area (Å²) in [5, 5.41) is 7.93. The van der Waals surface area contributed by atoms with Gasteiger partial charge in [-0.25, -0.2) is 0 Å². The molecular formula is C18H34N2. The molecule has 2 nitrogen and oxygen atoms in total. The van der Waals surface area contributed by atoms with Crippen molar-refractivity contribution in [1.82, 2.24) is 10.6 Å². The molecule has 3 fully saturated rings. The molecule has 2 aliphatic carbocycles. The minimum absolute atomic E-state index is 0.789. The van der Waals surface area contributed by atoms with Gasteiger partial charge in [-0.15, -0.1) is 0 Å². The molecule has 0 radical (unpaired) electrons. The van der Waals surface area contributed by atoms with Crippen molar-refractivity contribution in [3.8, 4) is 0 Å². The Morgan fingerprint density at radius 3 is 2.30 bits per heavy atom. The summed E-state index contributed by atoms with van der Waals surface area (Å²) in [5.41, 5.74) is 0. The molecular weight excluding hydrogens is 244 g/mol. The molecule has 1 saturated heterocycles. The van der Waals surface area contributed by atoms with Gasteiger partial charge in [-0.3, -0.25) is 0 Å². The van der Waals surface area contributed by atoms with E-state index >= 15 is 0 Å². The maximum absolute atomic E-state index is 4.11. The summed E-state index contributed by atoms with van der Waals surface area (Å²) in [5.74, 6) is 2.69. The smallest absolute Gasteiger partial charge is 0.0113 e. The number of nitrogens with one attached hydrogen (secondary N) is 2. The van der Waals surface area contributed by atoms with Crippen LogP contribution >= 0.6 is 0 Å². The van der Waals surface area contributed by atoms with E-state index < -0.39 is 0 Å². The van der Waals surface area contributed by atoms with Crippen LogP contribution in [0.1, 0.15) is 71.6 Å². The van der Waals surface area contributed by atoms with Gasteiger partial charge in [0.2, 0.25) is 0 Å². The van der Waals surface area contributed by atoms with Crippen molar-refractivity contribution in [3.63, 3.8) is 0 Å². The highest BCUT2D eigenvalue weighted by Crippen LogP contribution is 2.35. The van der Waals surface area contributed by atoms with Gasteiger partial charge >= 0.3 is 0 Å². The molecule has 2 saturated carbocycles. The molecule has 2 N–H and O–H groups in total. The third-order valence-corrected chi connectivity index (χ3v) is 6.58. The summed E-state index contributed by atoms with van der Waals surface area (Å²) in [4.78, 5) is 0. The Kier molecular flexibility index (Phi) is 5.04. The Hall–Kier alpha value is -0.0800. The zero-order valence-corrected chi connectivity index (χ0v) is 13.5. The molecule has 1 aliphatic heterocycles. The van der Waals surface area contributed by atoms with E-state index in [1.165, 1.54) is 64.3 Å². The highest BCUT2D eigenvalue weighted by atomic mass is 15.0. The van der Waals surface area contributed by atoms with Crippen molar-refractivity contribution in [2.75, 3.05) is 6.54 Å². The summed E-state index contributed by atoms with van der Waals surface area (Å²) in [6, 6.07) is 2.38. The first kappa shape index (κ1) is 14.8. The molecule has 3 aliphatic rings. The molecule has 0 bridgehead atoms. The van der Waals surface area contributed by atoms with Gasteiger partial charge in [0.25, 0.3) is 0 Å². The van der Waals surface area contributed by atoms with Crippen LogP contribution in [0.25, 0.3) is 0 Å². The fourth-order valence-corrected chi connectivity index (χ4v) is 4.97. The summed E-state index contributed by atoms with van der Waals surface area (Å²) in [6.07, 6.45) is 12.8. The van der Waals surface area contributed by atoms with Crippen LogP contribution in [0.3, 0.4) is 0 Å². The normalized spacial score (nSPS) is 46.5. The summed E-state index contributed by atoms with van der Waals surface area (Å²) < 4.78 is 0. The van der Waals surface area contributed by atoms with Crippen LogP contribution in [-0.4, -0.2) is 24.7 Å². The fourth-order valence-electron chi connectivity index (χ4n) is 4.97. The minimum atomic E-state index is 0.789. The maximum atomic E-state index is 4.11. The highest BCUT2D eigenvalue weighted by molar-refractivity contribution is 4.94. The number of hydrogen-bond donors (Lipinski definition) is 2. The van der Waals surface area contributed by atoms with Crippen LogP contribution in [0.15, 0.2) is 0 Å². The largest absolute Gasteiger partial charge is 0.314 e. The van der Waals surface area contributed by atoms with Crippen LogP contribution in [0.5, 0.6) is 0 Å². The van der Waals surface area contributed by atoms with Crippen molar-refractivity contribution >= 4 is 0 Å². The molecule has 0 aromatic heterocycles. The van der Waals surface area contributed by atoms with E-state index in [0.29, 0.717) is 0 Å². The van der Waals surface area contributed by atoms with Crippen LogP contribution in [-0.2, 0) is 0 Å². The third-order valence-electron chi connectivity index (χ3n) is 6.58. The zero-order chi connectivity index (χ0) is 13.9. The Morgan fingerprint density at radius 1 is 0.800 bits per heavy atom. The average molecular weight is 278 g/mol. The standard InChI is InChI=1S/C18H34N2/c1-13-10-11-16(14(13)2)20-18-9-4-3-7-15(18)17-8-5-6-12-19-17/h13-20H,3-12H2,1-2H3. The lowest BCUT2D eigenvalue weighted by Gasteiger charge is -2.41. The second-order valence-electron chi connectivity index (χ2n) is 7.80. The maximum Gasteiger partial charge on any atom is 0.0113 e. The Balaban J connectivity index is 1.60. The molecule has 1 heterocycles. The molecule has 3 rings (SSSR count). The minimum Gasteiger partial charge on any atom is -0.314 e. The van der Waals surface area contributed by atoms with Gasteiger partial charge in [0.05, 0.1) is 0 Å². The second kappa shape index (κ2) is 6.79. The second-order valence-corrected chi connectivity index (χ2v) is 7.80. The van der Waals surface area contributed by atoms with Gasteiger partial charge in [0.1, 0.15) is 0 Å². The monoisotopic (exact) mass is 278 g/mol. The van der Waals surface area contributed by atoms with Crippen LogP contribution in [0.2, 0.25) is 0 Å². The van der Waals surface area contributed by atoms with E-state index in [1.54, 1.807) is 0 Å². The Labute approximate surface area is 125 Å². The quantitative estimate of drug-likeness (QED) is 0.822. The Bertz CT molecular complexity index is 298. The zero-order valence-electron chi connectivity index (χ0n) is 13.5. The van der Waals surface area contributed by atoms with Gasteiger partial charge in [-0.1, -0.05) is 33.1 Å². The predicted molar refractivity (Wildman–Crippen MR) is 85.9 cm³/mol. The van der Waals surface area contributed by atoms with E-state index in [2.05, 4.69) is 24.5 Å². The average Bonchev–Trinajstić information content (AvgIpc) is 2.81. The van der Waals surface area contributed by atoms with Gasteiger partial charge in [-0.05, 0) is 62.8 Å². The van der Waals surface area contributed by atoms with Crippen LogP contribution in [0, 0.1) is 17.8 Å². The van der Waals surface area contributed by atoms with Crippen LogP contribution in [0.4, 0.5) is 0 Å². The van der Waals surface area contributed by atoms with E-state index in [-0.39, 0.29) is 0 Å². The van der Waals surface area contributed by atoms with E-state index in [1.807, 2.05) is 0 Å². The molecule has 6 unspecified atom stereocenters. The summed E-state index contributed by atoms with van der Waals surface area (Å²) in [7, 11) is 0. The first-order valence-corrected chi connectivity index (χ1v) is 9.25. The highest BCUT2D eigenvalue weighted by Gasteiger charge is 2.36. The molecule has 0 amide bonds. The van der Waals surface area contributed by atoms with E-state index in [4.69, 9.17) is 0 Å². The van der Waals surface area contributed by atoms with Gasteiger partial charge in [-0.2, -0.15) is 0 Å². The first-order chi connectivity index (χ1) is 9.75. The fraction of sp³-hybridized carbons (Fsp3) is 1.00. The van der Waals surface area contributed by atoms with Gasteiger partial charge in [0, 0.05) is 18.1 Å². The number of hydrogen-bond acceptors (Lipinski definition) is 2. The molecule has 6 atom stereocenters. The molecule has 20 heavy (non-hydrogen) atoms. The summed E-state index contributed by atoms with van der Waals surface area (Å²) in [6.45, 7) is 6.16. The van der Waals surface area contributed by atoms with Crippen molar-refractivity contribution in [2.24, 2.45) is 17.8 Å². The number of piperidine rings is 1. The lowest BCUT2D eigenvalue weighted by molar-refractivity contribution is 0.163. The summed E-state index contributed by atoms with van der Waals surface area (Å²) >= 11 is 0. The van der Waals surface area contributed by atoms with Gasteiger partial charge < -0.3 is 10.6 Å². The SMILES string of the molecule is CC1CCC(NC2CCCCC2C2CCCCN2)C1C. The van der Waals surface area contributed by atoms with Crippen molar-refractivity contribution in [2.45, 2.75) is 89.8 Å². The van der Waals surface area contributed by atoms with Gasteiger partial charge in [0.15, 0.2) is 0 Å². The topological polar surface area (TPSA) is 24.1 Å².